The first-order valence-electron chi connectivity index (χ1n) is 6.96. The maximum atomic E-state index is 12.5. The number of carbonyl (C=O) groups excluding carboxylic acids is 1. The normalized spacial score (nSPS) is 16.0. The van der Waals surface area contributed by atoms with Gasteiger partial charge in [0.2, 0.25) is 0 Å². The minimum atomic E-state index is -0.569. The first-order valence-corrected chi connectivity index (χ1v) is 7.34. The van der Waals surface area contributed by atoms with Crippen molar-refractivity contribution in [1.82, 2.24) is 4.90 Å². The van der Waals surface area contributed by atoms with E-state index in [9.17, 15) is 14.9 Å². The van der Waals surface area contributed by atoms with Crippen LogP contribution in [0.15, 0.2) is 18.2 Å². The van der Waals surface area contributed by atoms with Crippen LogP contribution in [-0.2, 0) is 0 Å². The van der Waals surface area contributed by atoms with Crippen LogP contribution in [0.2, 0.25) is 5.02 Å². The molecule has 114 valence electrons. The van der Waals surface area contributed by atoms with Gasteiger partial charge in [-0.3, -0.25) is 14.9 Å². The molecule has 1 saturated heterocycles. The summed E-state index contributed by atoms with van der Waals surface area (Å²) >= 11 is 5.76. The van der Waals surface area contributed by atoms with Crippen LogP contribution in [0.5, 0.6) is 0 Å². The SMILES string of the molecule is NCCC1CCN(C(=O)c2ccc(Cl)cc2[N+](=O)[O-])CC1. The smallest absolute Gasteiger partial charge is 0.283 e. The van der Waals surface area contributed by atoms with Gasteiger partial charge in [-0.1, -0.05) is 11.6 Å². The fourth-order valence-corrected chi connectivity index (χ4v) is 2.83. The van der Waals surface area contributed by atoms with Crippen LogP contribution in [0.25, 0.3) is 0 Å². The van der Waals surface area contributed by atoms with E-state index in [-0.39, 0.29) is 22.2 Å². The molecule has 6 nitrogen and oxygen atoms in total. The van der Waals surface area contributed by atoms with Gasteiger partial charge in [0.15, 0.2) is 0 Å². The molecule has 1 aliphatic rings. The average molecular weight is 312 g/mol. The van der Waals surface area contributed by atoms with Crippen molar-refractivity contribution in [2.75, 3.05) is 19.6 Å². The third kappa shape index (κ3) is 3.71. The van der Waals surface area contributed by atoms with Gasteiger partial charge in [0.05, 0.1) is 4.92 Å². The average Bonchev–Trinajstić information content (AvgIpc) is 2.47. The zero-order valence-electron chi connectivity index (χ0n) is 11.6. The number of carbonyl (C=O) groups is 1. The van der Waals surface area contributed by atoms with Crippen LogP contribution < -0.4 is 5.73 Å². The summed E-state index contributed by atoms with van der Waals surface area (Å²) < 4.78 is 0. The fraction of sp³-hybridized carbons (Fsp3) is 0.500. The van der Waals surface area contributed by atoms with E-state index in [4.69, 9.17) is 17.3 Å². The number of amides is 1. The van der Waals surface area contributed by atoms with Gasteiger partial charge in [-0.25, -0.2) is 0 Å². The molecule has 0 atom stereocenters. The van der Waals surface area contributed by atoms with Crippen LogP contribution in [0.3, 0.4) is 0 Å². The molecule has 7 heteroatoms. The van der Waals surface area contributed by atoms with Crippen LogP contribution in [0.4, 0.5) is 5.69 Å². The highest BCUT2D eigenvalue weighted by molar-refractivity contribution is 6.31. The van der Waals surface area contributed by atoms with Gasteiger partial charge >= 0.3 is 0 Å². The maximum Gasteiger partial charge on any atom is 0.283 e. The van der Waals surface area contributed by atoms with Crippen LogP contribution >= 0.6 is 11.6 Å². The lowest BCUT2D eigenvalue weighted by Gasteiger charge is -2.31. The van der Waals surface area contributed by atoms with Crippen molar-refractivity contribution in [3.05, 3.63) is 38.9 Å². The summed E-state index contributed by atoms with van der Waals surface area (Å²) in [6, 6.07) is 4.15. The molecule has 0 saturated carbocycles. The molecule has 0 spiro atoms. The summed E-state index contributed by atoms with van der Waals surface area (Å²) in [5.74, 6) is 0.240. The Balaban J connectivity index is 2.13. The van der Waals surface area contributed by atoms with Crippen molar-refractivity contribution in [3.8, 4) is 0 Å². The van der Waals surface area contributed by atoms with E-state index in [0.29, 0.717) is 25.6 Å². The van der Waals surface area contributed by atoms with Gasteiger partial charge in [0.1, 0.15) is 5.56 Å². The zero-order valence-corrected chi connectivity index (χ0v) is 12.4. The number of hydrogen-bond donors (Lipinski definition) is 1. The Morgan fingerprint density at radius 1 is 1.43 bits per heavy atom. The second-order valence-corrected chi connectivity index (χ2v) is 5.67. The number of rotatable bonds is 4. The lowest BCUT2D eigenvalue weighted by atomic mass is 9.93. The van der Waals surface area contributed by atoms with E-state index < -0.39 is 4.92 Å². The Morgan fingerprint density at radius 3 is 2.67 bits per heavy atom. The van der Waals surface area contributed by atoms with Crippen LogP contribution in [0.1, 0.15) is 29.6 Å². The van der Waals surface area contributed by atoms with Crippen molar-refractivity contribution < 1.29 is 9.72 Å². The molecule has 1 aromatic carbocycles. The number of nitro groups is 1. The molecule has 1 aromatic rings. The number of benzene rings is 1. The molecule has 2 rings (SSSR count). The Kier molecular flexibility index (Phi) is 5.14. The molecule has 1 heterocycles. The number of likely N-dealkylation sites (tertiary alicyclic amines) is 1. The minimum absolute atomic E-state index is 0.0988. The number of nitrogens with two attached hydrogens (primary N) is 1. The third-order valence-corrected chi connectivity index (χ3v) is 4.10. The van der Waals surface area contributed by atoms with Crippen molar-refractivity contribution in [2.24, 2.45) is 11.7 Å². The van der Waals surface area contributed by atoms with Crippen molar-refractivity contribution in [3.63, 3.8) is 0 Å². The van der Waals surface area contributed by atoms with Crippen LogP contribution in [-0.4, -0.2) is 35.4 Å². The first kappa shape index (κ1) is 15.7. The van der Waals surface area contributed by atoms with Gasteiger partial charge < -0.3 is 10.6 Å². The molecular weight excluding hydrogens is 294 g/mol. The van der Waals surface area contributed by atoms with Crippen molar-refractivity contribution in [2.45, 2.75) is 19.3 Å². The highest BCUT2D eigenvalue weighted by atomic mass is 35.5. The minimum Gasteiger partial charge on any atom is -0.338 e. The maximum absolute atomic E-state index is 12.5. The molecule has 1 amide bonds. The molecule has 0 bridgehead atoms. The second kappa shape index (κ2) is 6.87. The zero-order chi connectivity index (χ0) is 15.4. The molecule has 1 fully saturated rings. The van der Waals surface area contributed by atoms with Gasteiger partial charge in [-0.05, 0) is 43.9 Å². The van der Waals surface area contributed by atoms with E-state index in [0.717, 1.165) is 19.3 Å². The summed E-state index contributed by atoms with van der Waals surface area (Å²) in [6.45, 7) is 1.88. The van der Waals surface area contributed by atoms with Gasteiger partial charge in [-0.15, -0.1) is 0 Å². The Bertz CT molecular complexity index is 542. The number of halogens is 1. The molecule has 0 unspecified atom stereocenters. The standard InChI is InChI=1S/C14H18ClN3O3/c15-11-1-2-12(13(9-11)18(20)21)14(19)17-7-4-10(3-6-16)5-8-17/h1-2,9-10H,3-8,16H2. The Morgan fingerprint density at radius 2 is 2.10 bits per heavy atom. The molecule has 0 radical (unpaired) electrons. The fourth-order valence-electron chi connectivity index (χ4n) is 2.67. The molecule has 1 aliphatic heterocycles. The van der Waals surface area contributed by atoms with Gasteiger partial charge in [0, 0.05) is 24.2 Å². The first-order chi connectivity index (χ1) is 10.0. The van der Waals surface area contributed by atoms with Crippen molar-refractivity contribution in [1.29, 1.82) is 0 Å². The predicted molar refractivity (Wildman–Crippen MR) is 80.4 cm³/mol. The summed E-state index contributed by atoms with van der Waals surface area (Å²) in [5, 5.41) is 11.3. The Labute approximate surface area is 128 Å². The predicted octanol–water partition coefficient (Wildman–Crippen LogP) is 2.45. The number of hydrogen-bond acceptors (Lipinski definition) is 4. The second-order valence-electron chi connectivity index (χ2n) is 5.23. The lowest BCUT2D eigenvalue weighted by molar-refractivity contribution is -0.385. The van der Waals surface area contributed by atoms with Gasteiger partial charge in [-0.2, -0.15) is 0 Å². The highest BCUT2D eigenvalue weighted by Gasteiger charge is 2.28. The quantitative estimate of drug-likeness (QED) is 0.683. The Hall–Kier alpha value is -1.66. The number of nitrogens with zero attached hydrogens (tertiary/aromatic N) is 2. The number of piperidine rings is 1. The summed E-state index contributed by atoms with van der Waals surface area (Å²) in [5.41, 5.74) is 5.40. The highest BCUT2D eigenvalue weighted by Crippen LogP contribution is 2.27. The van der Waals surface area contributed by atoms with E-state index in [1.807, 2.05) is 0 Å². The molecule has 21 heavy (non-hydrogen) atoms. The van der Waals surface area contributed by atoms with Crippen LogP contribution in [0, 0.1) is 16.0 Å². The molecule has 0 aliphatic carbocycles. The summed E-state index contributed by atoms with van der Waals surface area (Å²) in [4.78, 5) is 24.6. The topological polar surface area (TPSA) is 89.5 Å². The third-order valence-electron chi connectivity index (χ3n) is 3.86. The summed E-state index contributed by atoms with van der Waals surface area (Å²) in [6.07, 6.45) is 2.75. The van der Waals surface area contributed by atoms with E-state index >= 15 is 0 Å². The molecular formula is C14H18ClN3O3. The monoisotopic (exact) mass is 311 g/mol. The number of nitro benzene ring substituents is 1. The van der Waals surface area contributed by atoms with Gasteiger partial charge in [0.25, 0.3) is 11.6 Å². The van der Waals surface area contributed by atoms with Crippen molar-refractivity contribution >= 4 is 23.2 Å². The lowest BCUT2D eigenvalue weighted by Crippen LogP contribution is -2.39. The van der Waals surface area contributed by atoms with E-state index in [2.05, 4.69) is 0 Å². The largest absolute Gasteiger partial charge is 0.338 e. The molecule has 2 N–H and O–H groups in total. The van der Waals surface area contributed by atoms with E-state index in [1.54, 1.807) is 4.90 Å². The molecule has 0 aromatic heterocycles. The van der Waals surface area contributed by atoms with E-state index in [1.165, 1.54) is 18.2 Å². The summed E-state index contributed by atoms with van der Waals surface area (Å²) in [7, 11) is 0.